The van der Waals surface area contributed by atoms with E-state index < -0.39 is 12.0 Å². The van der Waals surface area contributed by atoms with Gasteiger partial charge in [0.1, 0.15) is 0 Å². The lowest BCUT2D eigenvalue weighted by Gasteiger charge is -2.22. The van der Waals surface area contributed by atoms with Gasteiger partial charge in [0.05, 0.1) is 27.0 Å². The van der Waals surface area contributed by atoms with E-state index in [1.165, 1.54) is 36.4 Å². The molecule has 0 radical (unpaired) electrons. The third kappa shape index (κ3) is 3.27. The Balaban J connectivity index is 2.65. The van der Waals surface area contributed by atoms with Crippen LogP contribution >= 0.6 is 34.8 Å². The van der Waals surface area contributed by atoms with Crippen molar-refractivity contribution in [1.82, 2.24) is 0 Å². The van der Waals surface area contributed by atoms with Gasteiger partial charge in [-0.15, -0.1) is 0 Å². The van der Waals surface area contributed by atoms with Gasteiger partial charge in [0.2, 0.25) is 0 Å². The summed E-state index contributed by atoms with van der Waals surface area (Å²) in [6.45, 7) is 0. The molecule has 2 aromatic rings. The molecule has 2 amide bonds. The first-order valence-corrected chi connectivity index (χ1v) is 7.02. The molecule has 8 heteroatoms. The number of rotatable bonds is 3. The maximum absolute atomic E-state index is 11.8. The molecule has 2 rings (SSSR count). The fourth-order valence-corrected chi connectivity index (χ4v) is 2.35. The predicted octanol–water partition coefficient (Wildman–Crippen LogP) is 4.56. The molecule has 0 bridgehead atoms. The van der Waals surface area contributed by atoms with Gasteiger partial charge in [-0.05, 0) is 36.4 Å². The van der Waals surface area contributed by atoms with E-state index >= 15 is 0 Å². The van der Waals surface area contributed by atoms with E-state index in [1.807, 2.05) is 0 Å². The van der Waals surface area contributed by atoms with E-state index in [4.69, 9.17) is 40.5 Å². The van der Waals surface area contributed by atoms with Gasteiger partial charge in [-0.1, -0.05) is 34.8 Å². The second kappa shape index (κ2) is 6.44. The van der Waals surface area contributed by atoms with Crippen LogP contribution in [0.25, 0.3) is 0 Å². The Morgan fingerprint density at radius 3 is 2.23 bits per heavy atom. The lowest BCUT2D eigenvalue weighted by Crippen LogP contribution is -2.32. The summed E-state index contributed by atoms with van der Waals surface area (Å²) < 4.78 is 0. The lowest BCUT2D eigenvalue weighted by molar-refractivity contribution is 0.0698. The van der Waals surface area contributed by atoms with Crippen LogP contribution in [0.3, 0.4) is 0 Å². The molecule has 22 heavy (non-hydrogen) atoms. The molecular weight excluding hydrogens is 351 g/mol. The number of hydrogen-bond donors (Lipinski definition) is 2. The Morgan fingerprint density at radius 1 is 1.00 bits per heavy atom. The minimum Gasteiger partial charge on any atom is -0.478 e. The highest BCUT2D eigenvalue weighted by Crippen LogP contribution is 2.34. The van der Waals surface area contributed by atoms with Crippen LogP contribution in [0.15, 0.2) is 36.4 Å². The predicted molar refractivity (Wildman–Crippen MR) is 86.6 cm³/mol. The van der Waals surface area contributed by atoms with Crippen molar-refractivity contribution in [3.8, 4) is 0 Å². The second-order valence-corrected chi connectivity index (χ2v) is 5.49. The minimum absolute atomic E-state index is 0.0720. The zero-order valence-electron chi connectivity index (χ0n) is 10.9. The quantitative estimate of drug-likeness (QED) is 0.842. The number of benzene rings is 2. The summed E-state index contributed by atoms with van der Waals surface area (Å²) in [5.74, 6) is -1.25. The SMILES string of the molecule is NC(=O)N(c1ccc(Cl)c(Cl)c1)c1ccc(Cl)cc1C(=O)O. The number of halogens is 3. The standard InChI is InChI=1S/C14H9Cl3N2O3/c15-7-1-4-12(9(5-7)13(20)21)19(14(18)22)8-2-3-10(16)11(17)6-8/h1-6H,(H2,18,22)(H,20,21). The van der Waals surface area contributed by atoms with Crippen LogP contribution in [-0.4, -0.2) is 17.1 Å². The molecule has 0 aliphatic carbocycles. The molecule has 0 atom stereocenters. The summed E-state index contributed by atoms with van der Waals surface area (Å²) in [6.07, 6.45) is 0. The largest absolute Gasteiger partial charge is 0.478 e. The Labute approximate surface area is 140 Å². The molecule has 5 nitrogen and oxygen atoms in total. The maximum Gasteiger partial charge on any atom is 0.337 e. The molecular formula is C14H9Cl3N2O3. The summed E-state index contributed by atoms with van der Waals surface area (Å²) in [4.78, 5) is 24.2. The van der Waals surface area contributed by atoms with Gasteiger partial charge in [0.25, 0.3) is 0 Å². The summed E-state index contributed by atoms with van der Waals surface area (Å²) in [7, 11) is 0. The first-order valence-electron chi connectivity index (χ1n) is 5.88. The number of primary amides is 1. The van der Waals surface area contributed by atoms with Gasteiger partial charge < -0.3 is 10.8 Å². The van der Waals surface area contributed by atoms with Crippen molar-refractivity contribution >= 4 is 58.2 Å². The Hall–Kier alpha value is -1.95. The zero-order chi connectivity index (χ0) is 16.4. The van der Waals surface area contributed by atoms with E-state index in [9.17, 15) is 14.7 Å². The van der Waals surface area contributed by atoms with Gasteiger partial charge in [0.15, 0.2) is 0 Å². The summed E-state index contributed by atoms with van der Waals surface area (Å²) >= 11 is 17.6. The smallest absolute Gasteiger partial charge is 0.337 e. The average molecular weight is 360 g/mol. The van der Waals surface area contributed by atoms with E-state index in [2.05, 4.69) is 0 Å². The number of amides is 2. The van der Waals surface area contributed by atoms with Crippen molar-refractivity contribution in [2.24, 2.45) is 5.73 Å². The molecule has 0 heterocycles. The van der Waals surface area contributed by atoms with Crippen LogP contribution in [0.2, 0.25) is 15.1 Å². The number of aromatic carboxylic acids is 1. The van der Waals surface area contributed by atoms with Gasteiger partial charge >= 0.3 is 12.0 Å². The normalized spacial score (nSPS) is 10.3. The molecule has 0 fully saturated rings. The zero-order valence-corrected chi connectivity index (χ0v) is 13.2. The van der Waals surface area contributed by atoms with Crippen LogP contribution in [0, 0.1) is 0 Å². The molecule has 0 aliphatic rings. The molecule has 2 aromatic carbocycles. The summed E-state index contributed by atoms with van der Waals surface area (Å²) in [5.41, 5.74) is 5.57. The van der Waals surface area contributed by atoms with Gasteiger partial charge in [-0.3, -0.25) is 4.90 Å². The van der Waals surface area contributed by atoms with Crippen LogP contribution in [0.5, 0.6) is 0 Å². The van der Waals surface area contributed by atoms with E-state index in [0.29, 0.717) is 5.02 Å². The number of nitrogens with zero attached hydrogens (tertiary/aromatic N) is 1. The molecule has 3 N–H and O–H groups in total. The summed E-state index contributed by atoms with van der Waals surface area (Å²) in [5, 5.41) is 10.0. The maximum atomic E-state index is 11.8. The number of carboxylic acid groups (broad SMARTS) is 1. The number of anilines is 2. The van der Waals surface area contributed by atoms with Gasteiger partial charge in [0, 0.05) is 5.02 Å². The Morgan fingerprint density at radius 2 is 1.68 bits per heavy atom. The van der Waals surface area contributed by atoms with E-state index in [1.54, 1.807) is 0 Å². The first-order chi connectivity index (χ1) is 10.3. The fraction of sp³-hybridized carbons (Fsp3) is 0. The van der Waals surface area contributed by atoms with Crippen molar-refractivity contribution < 1.29 is 14.7 Å². The molecule has 0 unspecified atom stereocenters. The van der Waals surface area contributed by atoms with Crippen molar-refractivity contribution in [2.75, 3.05) is 4.90 Å². The summed E-state index contributed by atoms with van der Waals surface area (Å²) in [6, 6.07) is 7.59. The number of carbonyl (C=O) groups excluding carboxylic acids is 1. The van der Waals surface area contributed by atoms with Crippen molar-refractivity contribution in [3.05, 3.63) is 57.0 Å². The number of nitrogens with two attached hydrogens (primary N) is 1. The highest BCUT2D eigenvalue weighted by Gasteiger charge is 2.22. The second-order valence-electron chi connectivity index (χ2n) is 4.24. The van der Waals surface area contributed by atoms with Crippen molar-refractivity contribution in [1.29, 1.82) is 0 Å². The fourth-order valence-electron chi connectivity index (χ4n) is 1.88. The van der Waals surface area contributed by atoms with Crippen LogP contribution in [0.1, 0.15) is 10.4 Å². The molecule has 0 aliphatic heterocycles. The molecule has 0 aromatic heterocycles. The molecule has 114 valence electrons. The minimum atomic E-state index is -1.25. The van der Waals surface area contributed by atoms with E-state index in [0.717, 1.165) is 4.90 Å². The third-order valence-corrected chi connectivity index (χ3v) is 3.79. The number of hydrogen-bond acceptors (Lipinski definition) is 2. The average Bonchev–Trinajstić information content (AvgIpc) is 2.44. The highest BCUT2D eigenvalue weighted by molar-refractivity contribution is 6.42. The first kappa shape index (κ1) is 16.4. The molecule has 0 saturated heterocycles. The topological polar surface area (TPSA) is 83.6 Å². The number of urea groups is 1. The van der Waals surface area contributed by atoms with E-state index in [-0.39, 0.29) is 27.0 Å². The monoisotopic (exact) mass is 358 g/mol. The number of carboxylic acids is 1. The highest BCUT2D eigenvalue weighted by atomic mass is 35.5. The number of carbonyl (C=O) groups is 2. The lowest BCUT2D eigenvalue weighted by atomic mass is 10.1. The van der Waals surface area contributed by atoms with Crippen molar-refractivity contribution in [2.45, 2.75) is 0 Å². The Bertz CT molecular complexity index is 765. The third-order valence-electron chi connectivity index (χ3n) is 2.81. The van der Waals surface area contributed by atoms with Gasteiger partial charge in [-0.2, -0.15) is 0 Å². The van der Waals surface area contributed by atoms with Crippen LogP contribution < -0.4 is 10.6 Å². The Kier molecular flexibility index (Phi) is 4.81. The van der Waals surface area contributed by atoms with Crippen molar-refractivity contribution in [3.63, 3.8) is 0 Å². The molecule has 0 saturated carbocycles. The van der Waals surface area contributed by atoms with Crippen LogP contribution in [-0.2, 0) is 0 Å². The van der Waals surface area contributed by atoms with Gasteiger partial charge in [-0.25, -0.2) is 9.59 Å². The van der Waals surface area contributed by atoms with Crippen LogP contribution in [0.4, 0.5) is 16.2 Å². The molecule has 0 spiro atoms.